The molecule has 0 fully saturated rings. The third-order valence-corrected chi connectivity index (χ3v) is 4.80. The molecular formula is C23H19FN4O5. The van der Waals surface area contributed by atoms with Crippen LogP contribution < -0.4 is 10.1 Å². The number of benzene rings is 2. The monoisotopic (exact) mass is 450 g/mol. The number of hydrogen-bond donors (Lipinski definition) is 1. The van der Waals surface area contributed by atoms with Gasteiger partial charge < -0.3 is 14.5 Å². The van der Waals surface area contributed by atoms with E-state index in [1.807, 2.05) is 0 Å². The fourth-order valence-electron chi connectivity index (χ4n) is 3.15. The van der Waals surface area contributed by atoms with Gasteiger partial charge >= 0.3 is 0 Å². The van der Waals surface area contributed by atoms with Gasteiger partial charge in [0.05, 0.1) is 11.5 Å². The molecule has 168 valence electrons. The van der Waals surface area contributed by atoms with E-state index < -0.39 is 10.8 Å². The summed E-state index contributed by atoms with van der Waals surface area (Å²) in [5.41, 5.74) is 0.972. The minimum absolute atomic E-state index is 0.00986. The summed E-state index contributed by atoms with van der Waals surface area (Å²) in [7, 11) is 0. The smallest absolute Gasteiger partial charge is 0.292 e. The van der Waals surface area contributed by atoms with Gasteiger partial charge in [0.1, 0.15) is 23.9 Å². The van der Waals surface area contributed by atoms with Crippen LogP contribution in [0.3, 0.4) is 0 Å². The maximum atomic E-state index is 13.8. The first-order chi connectivity index (χ1) is 15.9. The van der Waals surface area contributed by atoms with Gasteiger partial charge in [-0.1, -0.05) is 18.2 Å². The maximum absolute atomic E-state index is 13.8. The molecule has 0 aliphatic heterocycles. The molecule has 33 heavy (non-hydrogen) atoms. The summed E-state index contributed by atoms with van der Waals surface area (Å²) in [5.74, 6) is 0.391. The number of nitro benzene ring substituents is 1. The number of nitrogens with one attached hydrogen (secondary N) is 1. The zero-order valence-electron chi connectivity index (χ0n) is 17.5. The van der Waals surface area contributed by atoms with Crippen LogP contribution in [0.2, 0.25) is 0 Å². The van der Waals surface area contributed by atoms with Gasteiger partial charge in [-0.2, -0.15) is 5.10 Å². The van der Waals surface area contributed by atoms with Crippen molar-refractivity contribution >= 4 is 17.4 Å². The molecule has 10 heteroatoms. The highest BCUT2D eigenvalue weighted by Gasteiger charge is 2.15. The Morgan fingerprint density at radius 2 is 2.03 bits per heavy atom. The van der Waals surface area contributed by atoms with Crippen LogP contribution in [0.25, 0.3) is 0 Å². The first-order valence-corrected chi connectivity index (χ1v) is 9.94. The second kappa shape index (κ2) is 9.35. The zero-order chi connectivity index (χ0) is 23.4. The second-order valence-corrected chi connectivity index (χ2v) is 7.20. The molecule has 0 saturated heterocycles. The summed E-state index contributed by atoms with van der Waals surface area (Å²) in [6, 6.07) is 15.5. The minimum Gasteiger partial charge on any atom is -0.486 e. The normalized spacial score (nSPS) is 10.7. The number of nitro groups is 1. The number of nitrogens with zero attached hydrogens (tertiary/aromatic N) is 3. The molecule has 4 rings (SSSR count). The number of anilines is 1. The SMILES string of the molecule is Cc1cc(OCc2ccc(C(=O)Nc3ccn(Cc4ccccc4F)n3)o2)ccc1[N+](=O)[O-]. The number of carbonyl (C=O) groups is 1. The minimum atomic E-state index is -0.497. The molecule has 2 heterocycles. The Labute approximate surface area is 187 Å². The van der Waals surface area contributed by atoms with Gasteiger partial charge in [-0.25, -0.2) is 4.39 Å². The zero-order valence-corrected chi connectivity index (χ0v) is 17.5. The second-order valence-electron chi connectivity index (χ2n) is 7.20. The molecule has 2 aromatic heterocycles. The Bertz CT molecular complexity index is 1310. The lowest BCUT2D eigenvalue weighted by Gasteiger charge is -2.05. The molecule has 4 aromatic rings. The third-order valence-electron chi connectivity index (χ3n) is 4.80. The molecule has 2 aromatic carbocycles. The molecule has 9 nitrogen and oxygen atoms in total. The molecule has 0 aliphatic carbocycles. The first-order valence-electron chi connectivity index (χ1n) is 9.94. The van der Waals surface area contributed by atoms with E-state index in [1.54, 1.807) is 49.5 Å². The summed E-state index contributed by atoms with van der Waals surface area (Å²) in [6.45, 7) is 1.90. The highest BCUT2D eigenvalue weighted by atomic mass is 19.1. The number of ether oxygens (including phenoxy) is 1. The summed E-state index contributed by atoms with van der Waals surface area (Å²) < 4.78 is 26.4. The van der Waals surface area contributed by atoms with Crippen LogP contribution in [-0.2, 0) is 13.2 Å². The number of aryl methyl sites for hydroxylation is 1. The van der Waals surface area contributed by atoms with E-state index >= 15 is 0 Å². The average Bonchev–Trinajstić information content (AvgIpc) is 3.43. The highest BCUT2D eigenvalue weighted by molar-refractivity contribution is 6.01. The predicted molar refractivity (Wildman–Crippen MR) is 117 cm³/mol. The van der Waals surface area contributed by atoms with Crippen LogP contribution >= 0.6 is 0 Å². The van der Waals surface area contributed by atoms with E-state index in [9.17, 15) is 19.3 Å². The van der Waals surface area contributed by atoms with Crippen molar-refractivity contribution in [1.29, 1.82) is 0 Å². The molecule has 0 bridgehead atoms. The van der Waals surface area contributed by atoms with E-state index in [2.05, 4.69) is 10.4 Å². The Morgan fingerprint density at radius 1 is 1.21 bits per heavy atom. The van der Waals surface area contributed by atoms with Gasteiger partial charge in [0.25, 0.3) is 11.6 Å². The first kappa shape index (κ1) is 21.8. The molecule has 0 atom stereocenters. The Balaban J connectivity index is 1.34. The lowest BCUT2D eigenvalue weighted by molar-refractivity contribution is -0.385. The van der Waals surface area contributed by atoms with Crippen molar-refractivity contribution in [1.82, 2.24) is 9.78 Å². The van der Waals surface area contributed by atoms with E-state index in [0.717, 1.165) is 0 Å². The molecular weight excluding hydrogens is 431 g/mol. The van der Waals surface area contributed by atoms with E-state index in [4.69, 9.17) is 9.15 Å². The fourth-order valence-corrected chi connectivity index (χ4v) is 3.15. The molecule has 0 unspecified atom stereocenters. The van der Waals surface area contributed by atoms with E-state index in [-0.39, 0.29) is 30.4 Å². The quantitative estimate of drug-likeness (QED) is 0.307. The molecule has 1 N–H and O–H groups in total. The Morgan fingerprint density at radius 3 is 2.79 bits per heavy atom. The number of rotatable bonds is 8. The number of carbonyl (C=O) groups excluding carboxylic acids is 1. The molecule has 0 aliphatic rings. The van der Waals surface area contributed by atoms with Gasteiger partial charge in [-0.3, -0.25) is 19.6 Å². The van der Waals surface area contributed by atoms with E-state index in [0.29, 0.717) is 28.5 Å². The van der Waals surface area contributed by atoms with Crippen molar-refractivity contribution in [3.63, 3.8) is 0 Å². The van der Waals surface area contributed by atoms with Crippen LogP contribution in [0.5, 0.6) is 5.75 Å². The number of amides is 1. The third kappa shape index (κ3) is 5.24. The van der Waals surface area contributed by atoms with Crippen molar-refractivity contribution in [3.8, 4) is 5.75 Å². The Kier molecular flexibility index (Phi) is 6.16. The standard InChI is InChI=1S/C23H19FN4O5/c1-15-12-17(6-8-20(15)28(30)31)32-14-18-7-9-21(33-18)23(29)25-22-10-11-27(26-22)13-16-4-2-3-5-19(16)24/h2-12H,13-14H2,1H3,(H,25,26,29). The van der Waals surface area contributed by atoms with Crippen LogP contribution in [0.1, 0.15) is 27.4 Å². The predicted octanol–water partition coefficient (Wildman–Crippen LogP) is 4.71. The summed E-state index contributed by atoms with van der Waals surface area (Å²) in [4.78, 5) is 22.9. The lowest BCUT2D eigenvalue weighted by Crippen LogP contribution is -2.12. The van der Waals surface area contributed by atoms with Gasteiger partial charge in [-0.15, -0.1) is 0 Å². The largest absolute Gasteiger partial charge is 0.486 e. The van der Waals surface area contributed by atoms with Crippen molar-refractivity contribution in [2.24, 2.45) is 0 Å². The van der Waals surface area contributed by atoms with Gasteiger partial charge in [0, 0.05) is 29.5 Å². The summed E-state index contributed by atoms with van der Waals surface area (Å²) in [5, 5.41) is 17.8. The summed E-state index contributed by atoms with van der Waals surface area (Å²) in [6.07, 6.45) is 1.63. The van der Waals surface area contributed by atoms with Crippen LogP contribution in [0.4, 0.5) is 15.9 Å². The fraction of sp³-hybridized carbons (Fsp3) is 0.130. The molecule has 0 spiro atoms. The molecule has 0 saturated carbocycles. The van der Waals surface area contributed by atoms with Crippen LogP contribution in [-0.4, -0.2) is 20.6 Å². The van der Waals surface area contributed by atoms with Crippen LogP contribution in [0.15, 0.2) is 71.3 Å². The van der Waals surface area contributed by atoms with Crippen molar-refractivity contribution in [2.45, 2.75) is 20.1 Å². The molecule has 1 amide bonds. The molecule has 0 radical (unpaired) electrons. The van der Waals surface area contributed by atoms with E-state index in [1.165, 1.54) is 28.9 Å². The lowest BCUT2D eigenvalue weighted by atomic mass is 10.2. The topological polar surface area (TPSA) is 112 Å². The maximum Gasteiger partial charge on any atom is 0.292 e. The van der Waals surface area contributed by atoms with Gasteiger partial charge in [0.2, 0.25) is 0 Å². The summed E-state index contributed by atoms with van der Waals surface area (Å²) >= 11 is 0. The Hall–Kier alpha value is -4.47. The van der Waals surface area contributed by atoms with Crippen molar-refractivity contribution < 1.29 is 23.3 Å². The van der Waals surface area contributed by atoms with Crippen LogP contribution in [0, 0.1) is 22.9 Å². The van der Waals surface area contributed by atoms with Crippen molar-refractivity contribution in [3.05, 3.63) is 105 Å². The van der Waals surface area contributed by atoms with Crippen molar-refractivity contribution in [2.75, 3.05) is 5.32 Å². The number of aromatic nitrogens is 2. The number of hydrogen-bond acceptors (Lipinski definition) is 6. The average molecular weight is 450 g/mol. The highest BCUT2D eigenvalue weighted by Crippen LogP contribution is 2.24. The van der Waals surface area contributed by atoms with Gasteiger partial charge in [-0.05, 0) is 37.3 Å². The number of furan rings is 1. The van der Waals surface area contributed by atoms with Gasteiger partial charge in [0.15, 0.2) is 11.6 Å². The number of halogens is 1.